The number of hydrogen-bond donors (Lipinski definition) is 1. The molecule has 1 aromatic heterocycles. The third kappa shape index (κ3) is 2.82. The molecule has 2 fully saturated rings. The topological polar surface area (TPSA) is 58.1 Å². The van der Waals surface area contributed by atoms with Gasteiger partial charge in [0, 0.05) is 44.4 Å². The lowest BCUT2D eigenvalue weighted by Crippen LogP contribution is -2.35. The van der Waals surface area contributed by atoms with E-state index < -0.39 is 0 Å². The number of aromatic nitrogens is 2. The van der Waals surface area contributed by atoms with Crippen molar-refractivity contribution in [2.45, 2.75) is 26.3 Å². The molecule has 2 aliphatic rings. The number of carbonyl (C=O) groups is 1. The SMILES string of the molecule is CCc1ncc(C(=O)N2C[C@@H]3CNC[C@@H]3[C@H]2c2ccccc2C)cn1. The quantitative estimate of drug-likeness (QED) is 0.935. The highest BCUT2D eigenvalue weighted by Gasteiger charge is 2.47. The zero-order chi connectivity index (χ0) is 17.4. The monoisotopic (exact) mass is 336 g/mol. The first-order valence-corrected chi connectivity index (χ1v) is 9.07. The number of aryl methyl sites for hydroxylation is 2. The Morgan fingerprint density at radius 3 is 2.72 bits per heavy atom. The van der Waals surface area contributed by atoms with Crippen molar-refractivity contribution in [1.29, 1.82) is 0 Å². The van der Waals surface area contributed by atoms with Gasteiger partial charge in [0.05, 0.1) is 11.6 Å². The first kappa shape index (κ1) is 16.2. The zero-order valence-corrected chi connectivity index (χ0v) is 14.8. The molecule has 1 amide bonds. The molecule has 4 rings (SSSR count). The van der Waals surface area contributed by atoms with E-state index in [-0.39, 0.29) is 11.9 Å². The Balaban J connectivity index is 1.69. The summed E-state index contributed by atoms with van der Waals surface area (Å²) in [6, 6.07) is 8.55. The summed E-state index contributed by atoms with van der Waals surface area (Å²) in [5.74, 6) is 1.81. The van der Waals surface area contributed by atoms with Crippen LogP contribution in [0.15, 0.2) is 36.7 Å². The Morgan fingerprint density at radius 2 is 2.00 bits per heavy atom. The predicted molar refractivity (Wildman–Crippen MR) is 96.2 cm³/mol. The first-order chi connectivity index (χ1) is 12.2. The number of likely N-dealkylation sites (tertiary alicyclic amines) is 1. The zero-order valence-electron chi connectivity index (χ0n) is 14.8. The van der Waals surface area contributed by atoms with Crippen molar-refractivity contribution < 1.29 is 4.79 Å². The van der Waals surface area contributed by atoms with Crippen molar-refractivity contribution >= 4 is 5.91 Å². The average molecular weight is 336 g/mol. The number of benzene rings is 1. The Morgan fingerprint density at radius 1 is 1.24 bits per heavy atom. The Kier molecular flexibility index (Phi) is 4.25. The van der Waals surface area contributed by atoms with Crippen LogP contribution in [-0.4, -0.2) is 40.4 Å². The van der Waals surface area contributed by atoms with Crippen LogP contribution in [0.2, 0.25) is 0 Å². The molecule has 1 aromatic carbocycles. The van der Waals surface area contributed by atoms with Crippen LogP contribution in [0.3, 0.4) is 0 Å². The minimum atomic E-state index is 0.0466. The van der Waals surface area contributed by atoms with Gasteiger partial charge in [-0.2, -0.15) is 0 Å². The molecule has 2 aliphatic heterocycles. The van der Waals surface area contributed by atoms with E-state index >= 15 is 0 Å². The maximum absolute atomic E-state index is 13.2. The number of amides is 1. The lowest BCUT2D eigenvalue weighted by atomic mass is 9.87. The third-order valence-electron chi connectivity index (χ3n) is 5.60. The standard InChI is InChI=1S/C20H24N4O/c1-3-18-22-9-14(10-23-18)20(25)24-12-15-8-21-11-17(15)19(24)16-7-5-4-6-13(16)2/h4-7,9-10,15,17,19,21H,3,8,11-12H2,1-2H3/t15-,17-,19+/m0/s1. The van der Waals surface area contributed by atoms with Crippen LogP contribution in [0, 0.1) is 18.8 Å². The molecule has 0 aliphatic carbocycles. The van der Waals surface area contributed by atoms with E-state index in [2.05, 4.69) is 46.5 Å². The van der Waals surface area contributed by atoms with Gasteiger partial charge < -0.3 is 10.2 Å². The predicted octanol–water partition coefficient (Wildman–Crippen LogP) is 2.38. The number of nitrogens with zero attached hydrogens (tertiary/aromatic N) is 3. The second-order valence-corrected chi connectivity index (χ2v) is 7.08. The van der Waals surface area contributed by atoms with Crippen LogP contribution in [0.4, 0.5) is 0 Å². The van der Waals surface area contributed by atoms with Crippen LogP contribution < -0.4 is 5.32 Å². The largest absolute Gasteiger partial charge is 0.331 e. The van der Waals surface area contributed by atoms with Crippen molar-refractivity contribution in [3.05, 3.63) is 59.2 Å². The van der Waals surface area contributed by atoms with Gasteiger partial charge in [-0.25, -0.2) is 9.97 Å². The molecule has 0 spiro atoms. The molecule has 0 radical (unpaired) electrons. The van der Waals surface area contributed by atoms with E-state index in [1.54, 1.807) is 12.4 Å². The average Bonchev–Trinajstić information content (AvgIpc) is 3.23. The molecule has 3 heterocycles. The van der Waals surface area contributed by atoms with E-state index in [9.17, 15) is 4.79 Å². The molecule has 0 unspecified atom stereocenters. The smallest absolute Gasteiger partial charge is 0.257 e. The third-order valence-corrected chi connectivity index (χ3v) is 5.60. The maximum atomic E-state index is 13.2. The van der Waals surface area contributed by atoms with Gasteiger partial charge in [0.25, 0.3) is 5.91 Å². The number of hydrogen-bond acceptors (Lipinski definition) is 4. The van der Waals surface area contributed by atoms with Gasteiger partial charge in [0.15, 0.2) is 0 Å². The molecule has 5 nitrogen and oxygen atoms in total. The Hall–Kier alpha value is -2.27. The van der Waals surface area contributed by atoms with Gasteiger partial charge in [-0.15, -0.1) is 0 Å². The van der Waals surface area contributed by atoms with E-state index in [0.29, 0.717) is 17.4 Å². The fraction of sp³-hybridized carbons (Fsp3) is 0.450. The van der Waals surface area contributed by atoms with E-state index in [0.717, 1.165) is 31.9 Å². The van der Waals surface area contributed by atoms with Crippen molar-refractivity contribution in [2.24, 2.45) is 11.8 Å². The first-order valence-electron chi connectivity index (χ1n) is 9.07. The molecule has 2 saturated heterocycles. The highest BCUT2D eigenvalue weighted by Crippen LogP contribution is 2.44. The lowest BCUT2D eigenvalue weighted by molar-refractivity contribution is 0.0712. The van der Waals surface area contributed by atoms with Gasteiger partial charge in [0.1, 0.15) is 5.82 Å². The number of rotatable bonds is 3. The van der Waals surface area contributed by atoms with Crippen molar-refractivity contribution in [3.8, 4) is 0 Å². The summed E-state index contributed by atoms with van der Waals surface area (Å²) in [7, 11) is 0. The molecule has 2 aromatic rings. The highest BCUT2D eigenvalue weighted by molar-refractivity contribution is 5.94. The molecule has 5 heteroatoms. The second-order valence-electron chi connectivity index (χ2n) is 7.08. The molecule has 25 heavy (non-hydrogen) atoms. The molecule has 0 saturated carbocycles. The van der Waals surface area contributed by atoms with Gasteiger partial charge in [-0.1, -0.05) is 31.2 Å². The molecular weight excluding hydrogens is 312 g/mol. The van der Waals surface area contributed by atoms with E-state index in [4.69, 9.17) is 0 Å². The second kappa shape index (κ2) is 6.56. The minimum absolute atomic E-state index is 0.0466. The minimum Gasteiger partial charge on any atom is -0.331 e. The number of nitrogens with one attached hydrogen (secondary N) is 1. The summed E-state index contributed by atoms with van der Waals surface area (Å²) in [6.07, 6.45) is 4.13. The summed E-state index contributed by atoms with van der Waals surface area (Å²) in [5, 5.41) is 3.50. The molecule has 1 N–H and O–H groups in total. The Bertz CT molecular complexity index is 774. The van der Waals surface area contributed by atoms with Crippen LogP contribution in [0.5, 0.6) is 0 Å². The lowest BCUT2D eigenvalue weighted by Gasteiger charge is -2.29. The summed E-state index contributed by atoms with van der Waals surface area (Å²) in [6.45, 7) is 6.90. The van der Waals surface area contributed by atoms with E-state index in [1.165, 1.54) is 11.1 Å². The maximum Gasteiger partial charge on any atom is 0.257 e. The molecular formula is C20H24N4O. The van der Waals surface area contributed by atoms with Gasteiger partial charge in [-0.05, 0) is 24.0 Å². The summed E-state index contributed by atoms with van der Waals surface area (Å²) < 4.78 is 0. The van der Waals surface area contributed by atoms with Gasteiger partial charge in [0.2, 0.25) is 0 Å². The Labute approximate surface area is 148 Å². The van der Waals surface area contributed by atoms with E-state index in [1.807, 2.05) is 11.8 Å². The molecule has 3 atom stereocenters. The normalized spacial score (nSPS) is 25.2. The highest BCUT2D eigenvalue weighted by atomic mass is 16.2. The molecule has 130 valence electrons. The van der Waals surface area contributed by atoms with Crippen LogP contribution in [0.1, 0.15) is 40.3 Å². The van der Waals surface area contributed by atoms with Gasteiger partial charge >= 0.3 is 0 Å². The van der Waals surface area contributed by atoms with Crippen molar-refractivity contribution in [2.75, 3.05) is 19.6 Å². The summed E-state index contributed by atoms with van der Waals surface area (Å²) in [4.78, 5) is 23.9. The summed E-state index contributed by atoms with van der Waals surface area (Å²) in [5.41, 5.74) is 3.09. The van der Waals surface area contributed by atoms with Gasteiger partial charge in [-0.3, -0.25) is 4.79 Å². The summed E-state index contributed by atoms with van der Waals surface area (Å²) >= 11 is 0. The van der Waals surface area contributed by atoms with Crippen molar-refractivity contribution in [1.82, 2.24) is 20.2 Å². The number of carbonyl (C=O) groups excluding carboxylic acids is 1. The number of fused-ring (bicyclic) bond motifs is 1. The van der Waals surface area contributed by atoms with Crippen LogP contribution >= 0.6 is 0 Å². The fourth-order valence-electron chi connectivity index (χ4n) is 4.26. The van der Waals surface area contributed by atoms with Crippen molar-refractivity contribution in [3.63, 3.8) is 0 Å². The van der Waals surface area contributed by atoms with Crippen LogP contribution in [-0.2, 0) is 6.42 Å². The molecule has 0 bridgehead atoms. The van der Waals surface area contributed by atoms with Crippen LogP contribution in [0.25, 0.3) is 0 Å². The fourth-order valence-corrected chi connectivity index (χ4v) is 4.26.